The Bertz CT molecular complexity index is 1380. The van der Waals surface area contributed by atoms with E-state index in [2.05, 4.69) is 16.0 Å². The highest BCUT2D eigenvalue weighted by atomic mass is 35.5. The molecule has 3 heterocycles. The van der Waals surface area contributed by atoms with Gasteiger partial charge in [0.05, 0.1) is 31.6 Å². The maximum Gasteiger partial charge on any atom is 0.269 e. The molecule has 0 bridgehead atoms. The average molecular weight is 527 g/mol. The molecule has 2 aliphatic heterocycles. The van der Waals surface area contributed by atoms with Crippen molar-refractivity contribution in [2.45, 2.75) is 50.0 Å². The molecule has 1 amide bonds. The summed E-state index contributed by atoms with van der Waals surface area (Å²) in [5, 5.41) is 3.46. The number of halogens is 1. The van der Waals surface area contributed by atoms with Crippen molar-refractivity contribution in [2.75, 3.05) is 11.9 Å². The van der Waals surface area contributed by atoms with E-state index >= 15 is 0 Å². The number of thioether (sulfide) groups is 2. The molecule has 2 aromatic carbocycles. The van der Waals surface area contributed by atoms with Gasteiger partial charge < -0.3 is 4.90 Å². The SMILES string of the molecule is Cc1nc2cc(N=C3SC(=C4Sc5ccc(Cl)cc5N4C)C(=O)N3C3CCCCC3)ccc2s1. The fourth-order valence-electron chi connectivity index (χ4n) is 4.78. The molecule has 0 spiro atoms. The van der Waals surface area contributed by atoms with E-state index in [-0.39, 0.29) is 11.9 Å². The van der Waals surface area contributed by atoms with Crippen LogP contribution in [-0.4, -0.2) is 34.0 Å². The summed E-state index contributed by atoms with van der Waals surface area (Å²) < 4.78 is 1.16. The predicted octanol–water partition coefficient (Wildman–Crippen LogP) is 7.56. The number of thiazole rings is 1. The molecular weight excluding hydrogens is 504 g/mol. The number of anilines is 1. The fraction of sp³-hybridized carbons (Fsp3) is 0.320. The van der Waals surface area contributed by atoms with Gasteiger partial charge in [-0.05, 0) is 67.9 Å². The molecule has 1 aliphatic carbocycles. The third-order valence-electron chi connectivity index (χ3n) is 6.44. The first-order valence-corrected chi connectivity index (χ1v) is 14.2. The standard InChI is InChI=1S/C25H23ClN4OS3/c1-14-27-18-13-16(9-11-20(18)32-14)28-25-30(17-6-4-3-5-7-17)23(31)22(34-25)24-29(2)19-12-15(26)8-10-21(19)33-24/h8-13,17H,3-7H2,1-2H3. The number of carbonyl (C=O) groups excluding carboxylic acids is 1. The summed E-state index contributed by atoms with van der Waals surface area (Å²) in [4.78, 5) is 29.4. The Hall–Kier alpha value is -2.00. The van der Waals surface area contributed by atoms with Gasteiger partial charge in [-0.1, -0.05) is 42.6 Å². The van der Waals surface area contributed by atoms with Crippen LogP contribution in [0.4, 0.5) is 11.4 Å². The molecule has 3 aliphatic rings. The van der Waals surface area contributed by atoms with Crippen LogP contribution in [0.15, 0.2) is 56.2 Å². The molecule has 0 N–H and O–H groups in total. The second kappa shape index (κ2) is 8.90. The number of hydrogen-bond donors (Lipinski definition) is 0. The number of aliphatic imine (C=N–C) groups is 1. The molecule has 6 rings (SSSR count). The Labute approximate surface area is 216 Å². The van der Waals surface area contributed by atoms with Crippen LogP contribution in [0.25, 0.3) is 10.2 Å². The normalized spacial score (nSPS) is 22.4. The summed E-state index contributed by atoms with van der Waals surface area (Å²) in [5.74, 6) is 0.0643. The molecule has 1 saturated heterocycles. The monoisotopic (exact) mass is 526 g/mol. The highest BCUT2D eigenvalue weighted by Gasteiger charge is 2.42. The zero-order valence-electron chi connectivity index (χ0n) is 18.9. The third kappa shape index (κ3) is 3.94. The highest BCUT2D eigenvalue weighted by molar-refractivity contribution is 8.19. The van der Waals surface area contributed by atoms with Crippen molar-refractivity contribution >= 4 is 79.1 Å². The van der Waals surface area contributed by atoms with E-state index < -0.39 is 0 Å². The van der Waals surface area contributed by atoms with Crippen molar-refractivity contribution in [3.63, 3.8) is 0 Å². The first-order valence-electron chi connectivity index (χ1n) is 11.4. The molecule has 0 unspecified atom stereocenters. The van der Waals surface area contributed by atoms with Gasteiger partial charge in [0, 0.05) is 23.0 Å². The lowest BCUT2D eigenvalue weighted by atomic mass is 9.94. The fourth-order valence-corrected chi connectivity index (χ4v) is 8.14. The number of nitrogens with zero attached hydrogens (tertiary/aromatic N) is 4. The number of rotatable bonds is 2. The number of aromatic nitrogens is 1. The Kier molecular flexibility index (Phi) is 5.88. The number of amides is 1. The number of carbonyl (C=O) groups is 1. The van der Waals surface area contributed by atoms with E-state index in [0.29, 0.717) is 5.02 Å². The van der Waals surface area contributed by atoms with Crippen LogP contribution in [0, 0.1) is 6.92 Å². The molecular formula is C25H23ClN4OS3. The summed E-state index contributed by atoms with van der Waals surface area (Å²) in [7, 11) is 2.00. The lowest BCUT2D eigenvalue weighted by molar-refractivity contribution is -0.124. The van der Waals surface area contributed by atoms with Gasteiger partial charge in [-0.3, -0.25) is 9.69 Å². The zero-order valence-corrected chi connectivity index (χ0v) is 22.1. The lowest BCUT2D eigenvalue weighted by Crippen LogP contribution is -2.40. The Morgan fingerprint density at radius 3 is 2.74 bits per heavy atom. The van der Waals surface area contributed by atoms with Crippen molar-refractivity contribution < 1.29 is 4.79 Å². The summed E-state index contributed by atoms with van der Waals surface area (Å²) in [5.41, 5.74) is 2.83. The van der Waals surface area contributed by atoms with E-state index in [4.69, 9.17) is 16.6 Å². The van der Waals surface area contributed by atoms with E-state index in [9.17, 15) is 4.79 Å². The Balaban J connectivity index is 1.42. The number of benzene rings is 2. The Morgan fingerprint density at radius 2 is 1.91 bits per heavy atom. The molecule has 5 nitrogen and oxygen atoms in total. The second-order valence-corrected chi connectivity index (χ2v) is 12.4. The van der Waals surface area contributed by atoms with Gasteiger partial charge in [0.2, 0.25) is 0 Å². The summed E-state index contributed by atoms with van der Waals surface area (Å²) >= 11 is 11.1. The second-order valence-electron chi connectivity index (χ2n) is 8.76. The molecule has 1 saturated carbocycles. The molecule has 34 heavy (non-hydrogen) atoms. The molecule has 174 valence electrons. The van der Waals surface area contributed by atoms with Crippen LogP contribution >= 0.6 is 46.5 Å². The topological polar surface area (TPSA) is 48.8 Å². The van der Waals surface area contributed by atoms with Gasteiger partial charge in [-0.2, -0.15) is 0 Å². The smallest absolute Gasteiger partial charge is 0.269 e. The van der Waals surface area contributed by atoms with Crippen LogP contribution in [0.2, 0.25) is 5.02 Å². The Morgan fingerprint density at radius 1 is 1.09 bits per heavy atom. The highest BCUT2D eigenvalue weighted by Crippen LogP contribution is 2.51. The van der Waals surface area contributed by atoms with Crippen LogP contribution < -0.4 is 4.90 Å². The van der Waals surface area contributed by atoms with Crippen molar-refractivity contribution in [2.24, 2.45) is 4.99 Å². The van der Waals surface area contributed by atoms with Crippen molar-refractivity contribution in [1.29, 1.82) is 0 Å². The molecule has 0 atom stereocenters. The van der Waals surface area contributed by atoms with Gasteiger partial charge in [-0.25, -0.2) is 9.98 Å². The van der Waals surface area contributed by atoms with Gasteiger partial charge in [0.15, 0.2) is 5.17 Å². The van der Waals surface area contributed by atoms with Gasteiger partial charge in [-0.15, -0.1) is 11.3 Å². The minimum Gasteiger partial charge on any atom is -0.337 e. The number of fused-ring (bicyclic) bond motifs is 2. The lowest BCUT2D eigenvalue weighted by Gasteiger charge is -2.30. The van der Waals surface area contributed by atoms with E-state index in [1.165, 1.54) is 18.2 Å². The average Bonchev–Trinajstić information content (AvgIpc) is 3.46. The zero-order chi connectivity index (χ0) is 23.4. The van der Waals surface area contributed by atoms with Crippen LogP contribution in [0.5, 0.6) is 0 Å². The van der Waals surface area contributed by atoms with Crippen LogP contribution in [0.1, 0.15) is 37.1 Å². The summed E-state index contributed by atoms with van der Waals surface area (Å²) in [6.45, 7) is 2.02. The van der Waals surface area contributed by atoms with Crippen molar-refractivity contribution in [3.8, 4) is 0 Å². The number of amidine groups is 1. The minimum atomic E-state index is 0.0643. The number of aryl methyl sites for hydroxylation is 1. The van der Waals surface area contributed by atoms with Crippen LogP contribution in [0.3, 0.4) is 0 Å². The molecule has 9 heteroatoms. The largest absolute Gasteiger partial charge is 0.337 e. The third-order valence-corrected chi connectivity index (χ3v) is 10.0. The molecule has 1 aromatic heterocycles. The van der Waals surface area contributed by atoms with Gasteiger partial charge >= 0.3 is 0 Å². The molecule has 3 aromatic rings. The predicted molar refractivity (Wildman–Crippen MR) is 145 cm³/mol. The maximum atomic E-state index is 13.9. The summed E-state index contributed by atoms with van der Waals surface area (Å²) in [6.07, 6.45) is 5.59. The molecule has 0 radical (unpaired) electrons. The molecule has 2 fully saturated rings. The summed E-state index contributed by atoms with van der Waals surface area (Å²) in [6, 6.07) is 12.2. The van der Waals surface area contributed by atoms with Crippen LogP contribution in [-0.2, 0) is 4.79 Å². The first kappa shape index (κ1) is 22.5. The first-order chi connectivity index (χ1) is 16.5. The quantitative estimate of drug-likeness (QED) is 0.322. The van der Waals surface area contributed by atoms with E-state index in [1.807, 2.05) is 49.2 Å². The van der Waals surface area contributed by atoms with Crippen molar-refractivity contribution in [1.82, 2.24) is 9.88 Å². The van der Waals surface area contributed by atoms with Gasteiger partial charge in [0.1, 0.15) is 4.91 Å². The van der Waals surface area contributed by atoms with Crippen molar-refractivity contribution in [3.05, 3.63) is 56.4 Å². The minimum absolute atomic E-state index is 0.0643. The number of hydrogen-bond acceptors (Lipinski definition) is 7. The maximum absolute atomic E-state index is 13.9. The van der Waals surface area contributed by atoms with E-state index in [1.54, 1.807) is 23.1 Å². The van der Waals surface area contributed by atoms with E-state index in [0.717, 1.165) is 72.3 Å². The van der Waals surface area contributed by atoms with Gasteiger partial charge in [0.25, 0.3) is 5.91 Å².